The van der Waals surface area contributed by atoms with E-state index in [0.29, 0.717) is 30.5 Å². The summed E-state index contributed by atoms with van der Waals surface area (Å²) in [4.78, 5) is 18.8. The number of rotatable bonds is 7. The second-order valence-electron chi connectivity index (χ2n) is 6.65. The summed E-state index contributed by atoms with van der Waals surface area (Å²) in [5, 5.41) is 7.21. The summed E-state index contributed by atoms with van der Waals surface area (Å²) in [6.45, 7) is 2.64. The van der Waals surface area contributed by atoms with Gasteiger partial charge in [-0.25, -0.2) is 0 Å². The van der Waals surface area contributed by atoms with Gasteiger partial charge in [0.25, 0.3) is 0 Å². The van der Waals surface area contributed by atoms with E-state index in [2.05, 4.69) is 15.5 Å². The van der Waals surface area contributed by atoms with E-state index in [4.69, 9.17) is 9.26 Å². The van der Waals surface area contributed by atoms with Crippen LogP contribution in [0.25, 0.3) is 11.4 Å². The van der Waals surface area contributed by atoms with Crippen LogP contribution in [-0.4, -0.2) is 54.7 Å². The molecule has 26 heavy (non-hydrogen) atoms. The Hall–Kier alpha value is -2.41. The second-order valence-corrected chi connectivity index (χ2v) is 6.65. The first kappa shape index (κ1) is 18.4. The summed E-state index contributed by atoms with van der Waals surface area (Å²) in [7, 11) is 3.58. The predicted octanol–water partition coefficient (Wildman–Crippen LogP) is 2.14. The molecule has 0 aliphatic carbocycles. The smallest absolute Gasteiger partial charge is 0.227 e. The molecule has 1 unspecified atom stereocenters. The number of aromatic nitrogens is 2. The molecule has 0 radical (unpaired) electrons. The lowest BCUT2D eigenvalue weighted by molar-refractivity contribution is -0.133. The fraction of sp³-hybridized carbons (Fsp3) is 0.526. The van der Waals surface area contributed by atoms with Crippen LogP contribution in [0.1, 0.15) is 25.2 Å². The fourth-order valence-electron chi connectivity index (χ4n) is 3.33. The summed E-state index contributed by atoms with van der Waals surface area (Å²) < 4.78 is 10.4. The van der Waals surface area contributed by atoms with Gasteiger partial charge in [-0.1, -0.05) is 5.16 Å². The minimum atomic E-state index is 0.162. The number of benzene rings is 1. The normalized spacial score (nSPS) is 17.3. The molecule has 1 fully saturated rings. The number of hydrogen-bond acceptors (Lipinski definition) is 6. The highest BCUT2D eigenvalue weighted by Gasteiger charge is 2.23. The van der Waals surface area contributed by atoms with Crippen LogP contribution >= 0.6 is 0 Å². The third-order valence-electron chi connectivity index (χ3n) is 4.73. The van der Waals surface area contributed by atoms with Gasteiger partial charge in [-0.3, -0.25) is 4.79 Å². The van der Waals surface area contributed by atoms with E-state index >= 15 is 0 Å². The van der Waals surface area contributed by atoms with Gasteiger partial charge >= 0.3 is 0 Å². The number of methoxy groups -OCH3 is 1. The number of piperidine rings is 1. The molecule has 1 atom stereocenters. The van der Waals surface area contributed by atoms with Crippen LogP contribution in [0.2, 0.25) is 0 Å². The van der Waals surface area contributed by atoms with Crippen molar-refractivity contribution in [2.45, 2.75) is 25.7 Å². The Balaban J connectivity index is 1.53. The monoisotopic (exact) mass is 358 g/mol. The number of likely N-dealkylation sites (tertiary alicyclic amines) is 1. The molecule has 140 valence electrons. The van der Waals surface area contributed by atoms with Gasteiger partial charge in [0.05, 0.1) is 7.11 Å². The van der Waals surface area contributed by atoms with Crippen molar-refractivity contribution in [3.63, 3.8) is 0 Å². The number of aryl methyl sites for hydroxylation is 1. The number of ether oxygens (including phenoxy) is 1. The number of hydrogen-bond donors (Lipinski definition) is 1. The Bertz CT molecular complexity index is 712. The van der Waals surface area contributed by atoms with Crippen molar-refractivity contribution in [3.05, 3.63) is 30.2 Å². The van der Waals surface area contributed by atoms with E-state index in [0.717, 1.165) is 37.4 Å². The molecule has 1 aliphatic heterocycles. The van der Waals surface area contributed by atoms with Crippen molar-refractivity contribution in [2.75, 3.05) is 33.8 Å². The molecular formula is C19H26N4O3. The van der Waals surface area contributed by atoms with Crippen LogP contribution in [0.4, 0.5) is 0 Å². The average Bonchev–Trinajstić information content (AvgIpc) is 3.16. The van der Waals surface area contributed by atoms with Gasteiger partial charge in [-0.2, -0.15) is 4.98 Å². The molecule has 1 N–H and O–H groups in total. The summed E-state index contributed by atoms with van der Waals surface area (Å²) in [5.74, 6) is 2.51. The number of nitrogens with zero attached hydrogens (tertiary/aromatic N) is 3. The van der Waals surface area contributed by atoms with E-state index in [9.17, 15) is 4.79 Å². The lowest BCUT2D eigenvalue weighted by atomic mass is 9.97. The van der Waals surface area contributed by atoms with Crippen molar-refractivity contribution in [2.24, 2.45) is 5.92 Å². The van der Waals surface area contributed by atoms with E-state index < -0.39 is 0 Å². The Morgan fingerprint density at radius 1 is 1.38 bits per heavy atom. The number of nitrogens with one attached hydrogen (secondary N) is 1. The lowest BCUT2D eigenvalue weighted by Gasteiger charge is -2.32. The Labute approximate surface area is 153 Å². The predicted molar refractivity (Wildman–Crippen MR) is 97.8 cm³/mol. The molecule has 3 rings (SSSR count). The average molecular weight is 358 g/mol. The first-order valence-corrected chi connectivity index (χ1v) is 9.09. The third kappa shape index (κ3) is 4.60. The standard InChI is InChI=1S/C19H26N4O3/c1-20-12-14-4-3-11-23(13-14)18(24)10-9-17-21-19(22-26-17)15-5-7-16(25-2)8-6-15/h5-8,14,20H,3-4,9-13H2,1-2H3. The maximum absolute atomic E-state index is 12.5. The topological polar surface area (TPSA) is 80.5 Å². The van der Waals surface area contributed by atoms with Gasteiger partial charge in [0, 0.05) is 31.5 Å². The van der Waals surface area contributed by atoms with Crippen LogP contribution in [0, 0.1) is 5.92 Å². The van der Waals surface area contributed by atoms with E-state index in [1.165, 1.54) is 6.42 Å². The fourth-order valence-corrected chi connectivity index (χ4v) is 3.33. The summed E-state index contributed by atoms with van der Waals surface area (Å²) in [5.41, 5.74) is 0.859. The second kappa shape index (κ2) is 8.80. The molecule has 1 aromatic carbocycles. The largest absolute Gasteiger partial charge is 0.497 e. The Morgan fingerprint density at radius 2 is 2.19 bits per heavy atom. The number of amides is 1. The van der Waals surface area contributed by atoms with Gasteiger partial charge in [0.15, 0.2) is 0 Å². The van der Waals surface area contributed by atoms with Crippen LogP contribution in [0.5, 0.6) is 5.75 Å². The minimum Gasteiger partial charge on any atom is -0.497 e. The van der Waals surface area contributed by atoms with E-state index in [-0.39, 0.29) is 5.91 Å². The van der Waals surface area contributed by atoms with E-state index in [1.54, 1.807) is 7.11 Å². The Morgan fingerprint density at radius 3 is 2.92 bits per heavy atom. The molecule has 1 saturated heterocycles. The lowest BCUT2D eigenvalue weighted by Crippen LogP contribution is -2.42. The SMILES string of the molecule is CNCC1CCCN(C(=O)CCc2nc(-c3ccc(OC)cc3)no2)C1. The van der Waals surface area contributed by atoms with Crippen molar-refractivity contribution in [1.29, 1.82) is 0 Å². The number of carbonyl (C=O) groups excluding carboxylic acids is 1. The maximum atomic E-state index is 12.5. The zero-order valence-electron chi connectivity index (χ0n) is 15.4. The molecule has 2 heterocycles. The van der Waals surface area contributed by atoms with Crippen molar-refractivity contribution in [1.82, 2.24) is 20.4 Å². The quantitative estimate of drug-likeness (QED) is 0.817. The molecular weight excluding hydrogens is 332 g/mol. The molecule has 0 saturated carbocycles. The van der Waals surface area contributed by atoms with Gasteiger partial charge in [-0.05, 0) is 56.6 Å². The summed E-state index contributed by atoms with van der Waals surface area (Å²) in [6.07, 6.45) is 3.12. The highest BCUT2D eigenvalue weighted by molar-refractivity contribution is 5.76. The molecule has 1 amide bonds. The van der Waals surface area contributed by atoms with Crippen LogP contribution < -0.4 is 10.1 Å². The third-order valence-corrected chi connectivity index (χ3v) is 4.73. The van der Waals surface area contributed by atoms with Crippen LogP contribution in [-0.2, 0) is 11.2 Å². The van der Waals surface area contributed by atoms with Crippen molar-refractivity contribution in [3.8, 4) is 17.1 Å². The van der Waals surface area contributed by atoms with Gasteiger partial charge in [-0.15, -0.1) is 0 Å². The highest BCUT2D eigenvalue weighted by Crippen LogP contribution is 2.21. The molecule has 0 bridgehead atoms. The molecule has 1 aromatic heterocycles. The van der Waals surface area contributed by atoms with Crippen molar-refractivity contribution < 1.29 is 14.1 Å². The molecule has 1 aliphatic rings. The zero-order chi connectivity index (χ0) is 18.4. The maximum Gasteiger partial charge on any atom is 0.227 e. The van der Waals surface area contributed by atoms with E-state index in [1.807, 2.05) is 36.2 Å². The number of carbonyl (C=O) groups is 1. The van der Waals surface area contributed by atoms with Crippen LogP contribution in [0.15, 0.2) is 28.8 Å². The van der Waals surface area contributed by atoms with Gasteiger partial charge < -0.3 is 19.5 Å². The zero-order valence-corrected chi connectivity index (χ0v) is 15.4. The molecule has 7 nitrogen and oxygen atoms in total. The Kier molecular flexibility index (Phi) is 6.22. The van der Waals surface area contributed by atoms with Gasteiger partial charge in [0.1, 0.15) is 5.75 Å². The van der Waals surface area contributed by atoms with Crippen molar-refractivity contribution >= 4 is 5.91 Å². The summed E-state index contributed by atoms with van der Waals surface area (Å²) >= 11 is 0. The first-order valence-electron chi connectivity index (χ1n) is 9.09. The first-order chi connectivity index (χ1) is 12.7. The van der Waals surface area contributed by atoms with Gasteiger partial charge in [0.2, 0.25) is 17.6 Å². The highest BCUT2D eigenvalue weighted by atomic mass is 16.5. The van der Waals surface area contributed by atoms with Crippen LogP contribution in [0.3, 0.4) is 0 Å². The molecule has 0 spiro atoms. The molecule has 2 aromatic rings. The summed E-state index contributed by atoms with van der Waals surface area (Å²) in [6, 6.07) is 7.47. The minimum absolute atomic E-state index is 0.162. The molecule has 7 heteroatoms.